The molecular weight excluding hydrogens is 335 g/mol. The number of hydrogen-bond donors (Lipinski definition) is 0. The highest BCUT2D eigenvalue weighted by atomic mass is 32.2. The van der Waals surface area contributed by atoms with Crippen molar-refractivity contribution in [3.05, 3.63) is 0 Å². The number of Topliss-reactive ketones (excluding diaryl/α,β-unsaturated/α-hetero) is 1. The van der Waals surface area contributed by atoms with Crippen LogP contribution in [0.2, 0.25) is 0 Å². The van der Waals surface area contributed by atoms with Crippen molar-refractivity contribution >= 4 is 21.7 Å². The third kappa shape index (κ3) is 2.99. The molecule has 0 aromatic rings. The first-order chi connectivity index (χ1) is 10.5. The van der Waals surface area contributed by atoms with Crippen LogP contribution < -0.4 is 5.11 Å². The largest absolute Gasteiger partial charge is 0.861 e. The minimum atomic E-state index is -5.88. The molecule has 0 spiro atoms. The van der Waals surface area contributed by atoms with Crippen molar-refractivity contribution in [1.82, 2.24) is 0 Å². The fourth-order valence-electron chi connectivity index (χ4n) is 5.00. The summed E-state index contributed by atoms with van der Waals surface area (Å²) in [5.74, 6) is -0.644. The lowest BCUT2D eigenvalue weighted by molar-refractivity contribution is -0.218. The Labute approximate surface area is 132 Å². The Hall–Kier alpha value is -1.12. The van der Waals surface area contributed by atoms with Crippen LogP contribution in [0.15, 0.2) is 4.40 Å². The molecule has 130 valence electrons. The second kappa shape index (κ2) is 5.19. The quantitative estimate of drug-likeness (QED) is 0.570. The zero-order valence-electron chi connectivity index (χ0n) is 12.3. The number of alkyl halides is 3. The van der Waals surface area contributed by atoms with Gasteiger partial charge in [0.05, 0.1) is 0 Å². The molecule has 0 aromatic carbocycles. The van der Waals surface area contributed by atoms with Crippen LogP contribution >= 0.6 is 0 Å². The molecule has 5 nitrogen and oxygen atoms in total. The maximum atomic E-state index is 12.5. The summed E-state index contributed by atoms with van der Waals surface area (Å²) >= 11 is 0. The number of rotatable bonds is 4. The molecule has 0 radical (unpaired) electrons. The molecule has 0 N–H and O–H groups in total. The van der Waals surface area contributed by atoms with Crippen molar-refractivity contribution < 1.29 is 31.5 Å². The predicted molar refractivity (Wildman–Crippen MR) is 72.6 cm³/mol. The molecule has 0 amide bonds. The summed E-state index contributed by atoms with van der Waals surface area (Å²) in [7, 11) is -5.88. The van der Waals surface area contributed by atoms with E-state index < -0.39 is 39.0 Å². The van der Waals surface area contributed by atoms with Crippen LogP contribution in [0.1, 0.15) is 44.9 Å². The molecule has 4 aliphatic rings. The van der Waals surface area contributed by atoms with Gasteiger partial charge in [-0.25, -0.2) is 0 Å². The van der Waals surface area contributed by atoms with E-state index in [1.165, 1.54) is 0 Å². The Bertz CT molecular complexity index is 618. The van der Waals surface area contributed by atoms with Gasteiger partial charge in [0, 0.05) is 11.8 Å². The second-order valence-corrected chi connectivity index (χ2v) is 8.80. The number of hydrogen-bond acceptors (Lipinski definition) is 4. The predicted octanol–water partition coefficient (Wildman–Crippen LogP) is 1.77. The summed E-state index contributed by atoms with van der Waals surface area (Å²) < 4.78 is 60.6. The average molecular weight is 352 g/mol. The zero-order chi connectivity index (χ0) is 17.0. The standard InChI is InChI=1S/C14H18F3NO4S/c15-14(16,17)23(21,22)18-12(20)4-11(19)13-5-8-1-9(6-13)3-10(2-8)7-13/h8-10H,1-7H2,(H,18,20)/p-1. The number of carbonyl (C=O) groups excluding carboxylic acids is 1. The topological polar surface area (TPSA) is 86.6 Å². The summed E-state index contributed by atoms with van der Waals surface area (Å²) in [6.45, 7) is 0. The molecule has 0 aromatic heterocycles. The number of carbonyl (C=O) groups is 1. The lowest BCUT2D eigenvalue weighted by Crippen LogP contribution is -2.50. The van der Waals surface area contributed by atoms with Crippen molar-refractivity contribution in [3.63, 3.8) is 0 Å². The summed E-state index contributed by atoms with van der Waals surface area (Å²) in [5, 5.41) is 11.5. The third-order valence-electron chi connectivity index (χ3n) is 5.46. The van der Waals surface area contributed by atoms with Gasteiger partial charge in [0.25, 0.3) is 0 Å². The summed E-state index contributed by atoms with van der Waals surface area (Å²) in [6.07, 6.45) is 4.36. The van der Waals surface area contributed by atoms with Gasteiger partial charge in [0.2, 0.25) is 0 Å². The van der Waals surface area contributed by atoms with Crippen molar-refractivity contribution in [3.8, 4) is 0 Å². The number of nitrogens with zero attached hydrogens (tertiary/aromatic N) is 1. The normalized spacial score (nSPS) is 37.2. The van der Waals surface area contributed by atoms with Crippen LogP contribution in [0.25, 0.3) is 0 Å². The van der Waals surface area contributed by atoms with E-state index in [9.17, 15) is 31.5 Å². The maximum Gasteiger partial charge on any atom is 0.518 e. The monoisotopic (exact) mass is 352 g/mol. The van der Waals surface area contributed by atoms with E-state index in [0.29, 0.717) is 37.0 Å². The first kappa shape index (κ1) is 16.7. The van der Waals surface area contributed by atoms with Gasteiger partial charge < -0.3 is 5.11 Å². The Balaban J connectivity index is 1.75. The van der Waals surface area contributed by atoms with Gasteiger partial charge in [0.1, 0.15) is 5.78 Å². The van der Waals surface area contributed by atoms with E-state index >= 15 is 0 Å². The maximum absolute atomic E-state index is 12.5. The summed E-state index contributed by atoms with van der Waals surface area (Å²) in [4.78, 5) is 12.5. The molecule has 4 saturated carbocycles. The molecule has 23 heavy (non-hydrogen) atoms. The van der Waals surface area contributed by atoms with E-state index in [-0.39, 0.29) is 0 Å². The second-order valence-electron chi connectivity index (χ2n) is 7.20. The zero-order valence-corrected chi connectivity index (χ0v) is 13.1. The highest BCUT2D eigenvalue weighted by Gasteiger charge is 2.54. The Morgan fingerprint density at radius 3 is 1.91 bits per heavy atom. The van der Waals surface area contributed by atoms with Crippen molar-refractivity contribution in [2.24, 2.45) is 27.6 Å². The Morgan fingerprint density at radius 2 is 1.52 bits per heavy atom. The molecule has 0 aliphatic heterocycles. The molecule has 4 aliphatic carbocycles. The SMILES string of the molecule is O=C(C/C([O-])=N/S(=O)(=O)C(F)(F)F)C12CC3CC(CC(C3)C1)C2. The minimum absolute atomic E-state index is 0.441. The number of ketones is 1. The molecule has 4 fully saturated rings. The van der Waals surface area contributed by atoms with E-state index in [2.05, 4.69) is 4.40 Å². The summed E-state index contributed by atoms with van der Waals surface area (Å²) in [6, 6.07) is 0. The van der Waals surface area contributed by atoms with Gasteiger partial charge >= 0.3 is 15.5 Å². The lowest BCUT2D eigenvalue weighted by atomic mass is 9.48. The van der Waals surface area contributed by atoms with Gasteiger partial charge in [-0.1, -0.05) is 0 Å². The summed E-state index contributed by atoms with van der Waals surface area (Å²) in [5.41, 5.74) is -6.27. The Morgan fingerprint density at radius 1 is 1.09 bits per heavy atom. The van der Waals surface area contributed by atoms with E-state index in [1.807, 2.05) is 0 Å². The van der Waals surface area contributed by atoms with Gasteiger partial charge in [0.15, 0.2) is 0 Å². The van der Waals surface area contributed by atoms with Crippen LogP contribution in [-0.4, -0.2) is 25.6 Å². The van der Waals surface area contributed by atoms with Crippen LogP contribution in [0.4, 0.5) is 13.2 Å². The van der Waals surface area contributed by atoms with Crippen molar-refractivity contribution in [1.29, 1.82) is 0 Å². The van der Waals surface area contributed by atoms with Gasteiger partial charge in [-0.2, -0.15) is 26.0 Å². The first-order valence-corrected chi connectivity index (χ1v) is 9.05. The minimum Gasteiger partial charge on any atom is -0.861 e. The fourth-order valence-corrected chi connectivity index (χ4v) is 5.43. The van der Waals surface area contributed by atoms with Gasteiger partial charge in [-0.3, -0.25) is 4.79 Å². The Kier molecular flexibility index (Phi) is 3.77. The third-order valence-corrected chi connectivity index (χ3v) is 6.48. The highest BCUT2D eigenvalue weighted by molar-refractivity contribution is 7.91. The van der Waals surface area contributed by atoms with E-state index in [4.69, 9.17) is 0 Å². The van der Waals surface area contributed by atoms with E-state index in [1.54, 1.807) is 0 Å². The van der Waals surface area contributed by atoms with Crippen LogP contribution in [0, 0.1) is 23.2 Å². The fraction of sp³-hybridized carbons (Fsp3) is 0.857. The van der Waals surface area contributed by atoms with Crippen LogP contribution in [0.3, 0.4) is 0 Å². The molecule has 0 heterocycles. The lowest BCUT2D eigenvalue weighted by Gasteiger charge is -2.56. The molecule has 9 heteroatoms. The first-order valence-electron chi connectivity index (χ1n) is 7.61. The molecular formula is C14H17F3NO4S-. The van der Waals surface area contributed by atoms with Gasteiger partial charge in [-0.05, 0) is 62.2 Å². The molecule has 0 saturated heterocycles. The molecule has 0 atom stereocenters. The number of halogens is 3. The van der Waals surface area contributed by atoms with Crippen molar-refractivity contribution in [2.45, 2.75) is 50.5 Å². The molecule has 0 unspecified atom stereocenters. The van der Waals surface area contributed by atoms with Crippen molar-refractivity contribution in [2.75, 3.05) is 0 Å². The smallest absolute Gasteiger partial charge is 0.518 e. The average Bonchev–Trinajstić information content (AvgIpc) is 2.34. The van der Waals surface area contributed by atoms with Crippen LogP contribution in [0.5, 0.6) is 0 Å². The van der Waals surface area contributed by atoms with E-state index in [0.717, 1.165) is 19.3 Å². The van der Waals surface area contributed by atoms with Gasteiger partial charge in [-0.15, -0.1) is 0 Å². The number of sulfonamides is 1. The molecule has 4 bridgehead atoms. The van der Waals surface area contributed by atoms with Crippen LogP contribution in [-0.2, 0) is 14.8 Å². The molecule has 4 rings (SSSR count). The highest BCUT2D eigenvalue weighted by Crippen LogP contribution is 2.60.